The van der Waals surface area contributed by atoms with Crippen molar-refractivity contribution in [2.75, 3.05) is 13.7 Å². The molecule has 0 radical (unpaired) electrons. The van der Waals surface area contributed by atoms with Crippen LogP contribution in [0.15, 0.2) is 23.0 Å². The van der Waals surface area contributed by atoms with Gasteiger partial charge in [-0.05, 0) is 37.0 Å². The summed E-state index contributed by atoms with van der Waals surface area (Å²) in [5.74, 6) is 0.0877. The molecule has 134 valence electrons. The van der Waals surface area contributed by atoms with E-state index < -0.39 is 5.82 Å². The van der Waals surface area contributed by atoms with Crippen molar-refractivity contribution < 1.29 is 14.2 Å². The van der Waals surface area contributed by atoms with Crippen LogP contribution in [0.1, 0.15) is 24.0 Å². The molecule has 2 aromatic rings. The van der Waals surface area contributed by atoms with E-state index in [0.717, 1.165) is 12.8 Å². The fourth-order valence-corrected chi connectivity index (χ4v) is 2.96. The summed E-state index contributed by atoms with van der Waals surface area (Å²) in [6, 6.07) is 4.54. The number of nitrogens with two attached hydrogens (primary N) is 1. The van der Waals surface area contributed by atoms with Gasteiger partial charge < -0.3 is 15.6 Å². The van der Waals surface area contributed by atoms with Crippen LogP contribution in [0.2, 0.25) is 0 Å². The fourth-order valence-electron chi connectivity index (χ4n) is 2.96. The maximum absolute atomic E-state index is 14.1. The zero-order valence-corrected chi connectivity index (χ0v) is 14.2. The Bertz CT molecular complexity index is 831. The van der Waals surface area contributed by atoms with Crippen LogP contribution in [-0.4, -0.2) is 28.6 Å². The summed E-state index contributed by atoms with van der Waals surface area (Å²) in [5, 5.41) is 13.8. The van der Waals surface area contributed by atoms with Crippen molar-refractivity contribution in [3.63, 3.8) is 0 Å². The monoisotopic (exact) mass is 347 g/mol. The van der Waals surface area contributed by atoms with E-state index in [2.05, 4.69) is 5.10 Å². The van der Waals surface area contributed by atoms with Gasteiger partial charge in [-0.15, -0.1) is 0 Å². The predicted octanol–water partition coefficient (Wildman–Crippen LogP) is 1.46. The number of aliphatic hydroxyl groups is 1. The zero-order valence-electron chi connectivity index (χ0n) is 14.2. The molecule has 3 rings (SSSR count). The van der Waals surface area contributed by atoms with E-state index in [1.54, 1.807) is 6.07 Å². The summed E-state index contributed by atoms with van der Waals surface area (Å²) < 4.78 is 20.5. The van der Waals surface area contributed by atoms with Crippen molar-refractivity contribution in [3.05, 3.63) is 45.5 Å². The van der Waals surface area contributed by atoms with Crippen LogP contribution in [-0.2, 0) is 19.5 Å². The Morgan fingerprint density at radius 2 is 2.16 bits per heavy atom. The summed E-state index contributed by atoms with van der Waals surface area (Å²) in [5.41, 5.74) is 7.65. The van der Waals surface area contributed by atoms with Crippen molar-refractivity contribution in [1.82, 2.24) is 9.78 Å². The van der Waals surface area contributed by atoms with Gasteiger partial charge in [-0.2, -0.15) is 5.10 Å². The van der Waals surface area contributed by atoms with Gasteiger partial charge in [0, 0.05) is 42.8 Å². The van der Waals surface area contributed by atoms with E-state index in [0.29, 0.717) is 34.8 Å². The first-order valence-corrected chi connectivity index (χ1v) is 8.36. The number of benzene rings is 1. The topological polar surface area (TPSA) is 90.4 Å². The quantitative estimate of drug-likeness (QED) is 0.791. The normalized spacial score (nSPS) is 13.9. The van der Waals surface area contributed by atoms with E-state index in [9.17, 15) is 14.3 Å². The lowest BCUT2D eigenvalue weighted by Gasteiger charge is -2.16. The average Bonchev–Trinajstić information content (AvgIpc) is 3.42. The number of aromatic nitrogens is 2. The molecule has 1 aromatic carbocycles. The molecule has 6 nitrogen and oxygen atoms in total. The van der Waals surface area contributed by atoms with Crippen LogP contribution in [0.3, 0.4) is 0 Å². The highest BCUT2D eigenvalue weighted by molar-refractivity contribution is 5.65. The summed E-state index contributed by atoms with van der Waals surface area (Å²) in [6.07, 6.45) is 2.35. The number of hydrogen-bond donors (Lipinski definition) is 2. The molecule has 0 aliphatic heterocycles. The third-order valence-electron chi connectivity index (χ3n) is 4.48. The summed E-state index contributed by atoms with van der Waals surface area (Å²) in [6.45, 7) is 0.463. The van der Waals surface area contributed by atoms with Crippen molar-refractivity contribution in [2.24, 2.45) is 11.7 Å². The van der Waals surface area contributed by atoms with Crippen LogP contribution in [0.25, 0.3) is 11.3 Å². The number of methoxy groups -OCH3 is 1. The predicted molar refractivity (Wildman–Crippen MR) is 91.8 cm³/mol. The fraction of sp³-hybridized carbons (Fsp3) is 0.444. The van der Waals surface area contributed by atoms with Crippen molar-refractivity contribution >= 4 is 0 Å². The van der Waals surface area contributed by atoms with Gasteiger partial charge in [-0.1, -0.05) is 0 Å². The molecule has 0 saturated heterocycles. The second-order valence-corrected chi connectivity index (χ2v) is 6.26. The minimum absolute atomic E-state index is 0.0881. The molecule has 1 saturated carbocycles. The highest BCUT2D eigenvalue weighted by Gasteiger charge is 2.25. The first-order chi connectivity index (χ1) is 12.1. The van der Waals surface area contributed by atoms with Crippen LogP contribution < -0.4 is 16.0 Å². The molecule has 1 fully saturated rings. The molecule has 1 aromatic heterocycles. The minimum Gasteiger partial charge on any atom is -0.494 e. The van der Waals surface area contributed by atoms with Crippen molar-refractivity contribution in [1.29, 1.82) is 0 Å². The largest absolute Gasteiger partial charge is 0.494 e. The highest BCUT2D eigenvalue weighted by atomic mass is 19.1. The Morgan fingerprint density at radius 1 is 1.40 bits per heavy atom. The molecule has 1 aliphatic carbocycles. The lowest BCUT2D eigenvalue weighted by Crippen LogP contribution is -2.31. The Kier molecular flexibility index (Phi) is 5.15. The molecule has 25 heavy (non-hydrogen) atoms. The molecule has 0 atom stereocenters. The van der Waals surface area contributed by atoms with Gasteiger partial charge in [0.25, 0.3) is 5.56 Å². The smallest absolute Gasteiger partial charge is 0.270 e. The molecular weight excluding hydrogens is 325 g/mol. The second-order valence-electron chi connectivity index (χ2n) is 6.26. The van der Waals surface area contributed by atoms with Crippen LogP contribution >= 0.6 is 0 Å². The van der Waals surface area contributed by atoms with E-state index in [-0.39, 0.29) is 30.9 Å². The first kappa shape index (κ1) is 17.6. The molecule has 1 aliphatic rings. The molecule has 1 heterocycles. The molecular formula is C18H22FN3O3. The number of ether oxygens (including phenoxy) is 1. The Labute approximate surface area is 145 Å². The lowest BCUT2D eigenvalue weighted by molar-refractivity contribution is 0.298. The van der Waals surface area contributed by atoms with E-state index in [4.69, 9.17) is 10.5 Å². The molecule has 3 N–H and O–H groups in total. The number of rotatable bonds is 7. The summed E-state index contributed by atoms with van der Waals surface area (Å²) in [7, 11) is 1.40. The maximum atomic E-state index is 14.1. The Hall–Kier alpha value is -2.25. The molecule has 0 spiro atoms. The Balaban J connectivity index is 2.17. The van der Waals surface area contributed by atoms with Crippen LogP contribution in [0, 0.1) is 11.7 Å². The van der Waals surface area contributed by atoms with Crippen LogP contribution in [0.5, 0.6) is 5.75 Å². The molecule has 0 unspecified atom stereocenters. The lowest BCUT2D eigenvalue weighted by atomic mass is 10.00. The van der Waals surface area contributed by atoms with Crippen molar-refractivity contribution in [3.8, 4) is 17.0 Å². The SMILES string of the molecule is COc1ccc(-c2nn(CC3CC3)c(=O)c(CCO)c2CN)cc1F. The van der Waals surface area contributed by atoms with Crippen molar-refractivity contribution in [2.45, 2.75) is 32.4 Å². The average molecular weight is 347 g/mol. The summed E-state index contributed by atoms with van der Waals surface area (Å²) in [4.78, 5) is 12.7. The van der Waals surface area contributed by atoms with Gasteiger partial charge in [0.1, 0.15) is 0 Å². The van der Waals surface area contributed by atoms with Gasteiger partial charge in [0.15, 0.2) is 11.6 Å². The Morgan fingerprint density at radius 3 is 2.72 bits per heavy atom. The number of halogens is 1. The molecule has 0 amide bonds. The van der Waals surface area contributed by atoms with E-state index in [1.807, 2.05) is 0 Å². The van der Waals surface area contributed by atoms with Gasteiger partial charge in [-0.3, -0.25) is 4.79 Å². The number of aliphatic hydroxyl groups excluding tert-OH is 1. The number of hydrogen-bond acceptors (Lipinski definition) is 5. The first-order valence-electron chi connectivity index (χ1n) is 8.36. The highest BCUT2D eigenvalue weighted by Crippen LogP contribution is 2.31. The molecule has 0 bridgehead atoms. The zero-order chi connectivity index (χ0) is 18.0. The van der Waals surface area contributed by atoms with E-state index >= 15 is 0 Å². The van der Waals surface area contributed by atoms with Gasteiger partial charge >= 0.3 is 0 Å². The van der Waals surface area contributed by atoms with Gasteiger partial charge in [-0.25, -0.2) is 9.07 Å². The van der Waals surface area contributed by atoms with Crippen LogP contribution in [0.4, 0.5) is 4.39 Å². The molecule has 7 heteroatoms. The third kappa shape index (κ3) is 3.57. The van der Waals surface area contributed by atoms with E-state index in [1.165, 1.54) is 23.9 Å². The third-order valence-corrected chi connectivity index (χ3v) is 4.48. The number of nitrogens with zero attached hydrogens (tertiary/aromatic N) is 2. The van der Waals surface area contributed by atoms with Gasteiger partial charge in [0.2, 0.25) is 0 Å². The standard InChI is InChI=1S/C18H22FN3O3/c1-25-16-5-4-12(8-15(16)19)17-14(9-20)13(6-7-23)18(24)22(21-17)10-11-2-3-11/h4-5,8,11,23H,2-3,6-7,9-10,20H2,1H3. The minimum atomic E-state index is -0.506. The second kappa shape index (κ2) is 7.33. The maximum Gasteiger partial charge on any atom is 0.270 e. The summed E-state index contributed by atoms with van der Waals surface area (Å²) >= 11 is 0. The van der Waals surface area contributed by atoms with Gasteiger partial charge in [0.05, 0.1) is 12.8 Å².